The molecule has 1 heterocycles. The minimum atomic E-state index is -3.63. The number of hydrogen-bond acceptors (Lipinski definition) is 4. The molecule has 1 aliphatic heterocycles. The van der Waals surface area contributed by atoms with Crippen LogP contribution < -0.4 is 10.0 Å². The van der Waals surface area contributed by atoms with Crippen molar-refractivity contribution in [2.24, 2.45) is 10.9 Å². The van der Waals surface area contributed by atoms with Crippen LogP contribution in [-0.2, 0) is 10.0 Å². The van der Waals surface area contributed by atoms with E-state index >= 15 is 0 Å². The second kappa shape index (κ2) is 7.04. The molecular weight excluding hydrogens is 334 g/mol. The number of nitrogens with one attached hydrogen (secondary N) is 2. The molecule has 3 rings (SSSR count). The molecule has 2 N–H and O–H groups in total. The molecule has 6 heteroatoms. The van der Waals surface area contributed by atoms with Gasteiger partial charge in [0.15, 0.2) is 0 Å². The number of aliphatic imine (C=N–C) groups is 1. The molecule has 0 bridgehead atoms. The number of rotatable bonds is 6. The van der Waals surface area contributed by atoms with E-state index < -0.39 is 10.0 Å². The predicted molar refractivity (Wildman–Crippen MR) is 102 cm³/mol. The van der Waals surface area contributed by atoms with E-state index in [9.17, 15) is 8.42 Å². The number of amidine groups is 1. The van der Waals surface area contributed by atoms with Gasteiger partial charge in [0, 0.05) is 11.6 Å². The predicted octanol–water partition coefficient (Wildman–Crippen LogP) is 2.93. The zero-order valence-electron chi connectivity index (χ0n) is 14.7. The summed E-state index contributed by atoms with van der Waals surface area (Å²) in [4.78, 5) is 4.96. The summed E-state index contributed by atoms with van der Waals surface area (Å²) in [5.41, 5.74) is 1.37. The lowest BCUT2D eigenvalue weighted by atomic mass is 9.84. The summed E-state index contributed by atoms with van der Waals surface area (Å²) >= 11 is 0. The molecule has 0 aromatic rings. The van der Waals surface area contributed by atoms with Gasteiger partial charge in [-0.05, 0) is 44.9 Å². The van der Waals surface area contributed by atoms with Gasteiger partial charge in [0.05, 0.1) is 17.0 Å². The third-order valence-electron chi connectivity index (χ3n) is 4.83. The maximum absolute atomic E-state index is 12.6. The molecule has 3 aliphatic rings. The fraction of sp³-hybridized carbons (Fsp3) is 0.421. The zero-order valence-corrected chi connectivity index (χ0v) is 15.5. The second-order valence-corrected chi connectivity index (χ2v) is 8.36. The van der Waals surface area contributed by atoms with E-state index in [1.54, 1.807) is 31.2 Å². The quantitative estimate of drug-likeness (QED) is 0.716. The van der Waals surface area contributed by atoms with Crippen LogP contribution in [0.3, 0.4) is 0 Å². The van der Waals surface area contributed by atoms with Crippen molar-refractivity contribution in [3.8, 4) is 0 Å². The van der Waals surface area contributed by atoms with Gasteiger partial charge in [-0.3, -0.25) is 9.71 Å². The Hall–Kier alpha value is -2.08. The third kappa shape index (κ3) is 3.79. The molecule has 5 nitrogen and oxygen atoms in total. The Kier molecular flexibility index (Phi) is 4.99. The summed E-state index contributed by atoms with van der Waals surface area (Å²) in [5, 5.41) is 3.44. The smallest absolute Gasteiger partial charge is 0.261 e. The Labute approximate surface area is 150 Å². The topological polar surface area (TPSA) is 70.6 Å². The fourth-order valence-electron chi connectivity index (χ4n) is 3.08. The highest BCUT2D eigenvalue weighted by atomic mass is 32.2. The minimum absolute atomic E-state index is 0.0257. The van der Waals surface area contributed by atoms with Crippen molar-refractivity contribution in [1.82, 2.24) is 10.0 Å². The minimum Gasteiger partial charge on any atom is -0.365 e. The van der Waals surface area contributed by atoms with Crippen molar-refractivity contribution < 1.29 is 8.42 Å². The maximum atomic E-state index is 12.6. The molecule has 0 aromatic carbocycles. The highest BCUT2D eigenvalue weighted by Crippen LogP contribution is 2.31. The Morgan fingerprint density at radius 2 is 2.20 bits per heavy atom. The Bertz CT molecular complexity index is 812. The van der Waals surface area contributed by atoms with Crippen molar-refractivity contribution in [2.75, 3.05) is 0 Å². The first-order chi connectivity index (χ1) is 11.9. The standard InChI is InChI=1S/C19H25N3O2S/c1-4-13(3)11-16(5-2)25(23,24)22-15-9-10-17-18(12-15)21-19(20-17)14-7-6-8-14/h4-5,9-12,14,17-18,22H,1,6-8H2,2-3H3,(H,20,21)/b13-11-,16-5+. The molecule has 0 amide bonds. The van der Waals surface area contributed by atoms with Gasteiger partial charge in [-0.25, -0.2) is 8.42 Å². The van der Waals surface area contributed by atoms with Crippen LogP contribution in [0.1, 0.15) is 33.1 Å². The van der Waals surface area contributed by atoms with Crippen LogP contribution in [0.4, 0.5) is 0 Å². The molecule has 0 aromatic heterocycles. The first-order valence-corrected chi connectivity index (χ1v) is 10.2. The van der Waals surface area contributed by atoms with Gasteiger partial charge in [-0.15, -0.1) is 0 Å². The summed E-state index contributed by atoms with van der Waals surface area (Å²) in [5.74, 6) is 1.62. The number of nitrogens with zero attached hydrogens (tertiary/aromatic N) is 1. The summed E-state index contributed by atoms with van der Waals surface area (Å²) < 4.78 is 27.9. The van der Waals surface area contributed by atoms with Crippen LogP contribution in [-0.4, -0.2) is 26.3 Å². The van der Waals surface area contributed by atoms with Crippen molar-refractivity contribution in [3.05, 3.63) is 59.2 Å². The fourth-order valence-corrected chi connectivity index (χ4v) is 4.29. The number of sulfonamides is 1. The van der Waals surface area contributed by atoms with E-state index in [0.717, 1.165) is 11.4 Å². The highest BCUT2D eigenvalue weighted by Gasteiger charge is 2.34. The largest absolute Gasteiger partial charge is 0.365 e. The monoisotopic (exact) mass is 359 g/mol. The maximum Gasteiger partial charge on any atom is 0.261 e. The Balaban J connectivity index is 1.72. The van der Waals surface area contributed by atoms with Crippen LogP contribution in [0.15, 0.2) is 64.2 Å². The van der Waals surface area contributed by atoms with E-state index in [-0.39, 0.29) is 17.0 Å². The van der Waals surface area contributed by atoms with Crippen LogP contribution in [0.2, 0.25) is 0 Å². The highest BCUT2D eigenvalue weighted by molar-refractivity contribution is 7.93. The lowest BCUT2D eigenvalue weighted by Gasteiger charge is -2.26. The van der Waals surface area contributed by atoms with E-state index in [1.807, 2.05) is 19.1 Å². The normalized spacial score (nSPS) is 27.0. The third-order valence-corrected chi connectivity index (χ3v) is 6.31. The summed E-state index contributed by atoms with van der Waals surface area (Å²) in [7, 11) is -3.63. The van der Waals surface area contributed by atoms with Crippen LogP contribution in [0.25, 0.3) is 0 Å². The molecule has 1 fully saturated rings. The van der Waals surface area contributed by atoms with Gasteiger partial charge in [0.1, 0.15) is 5.84 Å². The molecule has 2 aliphatic carbocycles. The van der Waals surface area contributed by atoms with Gasteiger partial charge >= 0.3 is 0 Å². The Morgan fingerprint density at radius 1 is 1.44 bits per heavy atom. The average Bonchev–Trinajstić information content (AvgIpc) is 2.92. The van der Waals surface area contributed by atoms with Gasteiger partial charge in [0.25, 0.3) is 10.0 Å². The van der Waals surface area contributed by atoms with Gasteiger partial charge in [-0.2, -0.15) is 0 Å². The van der Waals surface area contributed by atoms with Gasteiger partial charge in [-0.1, -0.05) is 36.8 Å². The van der Waals surface area contributed by atoms with Crippen LogP contribution >= 0.6 is 0 Å². The van der Waals surface area contributed by atoms with Gasteiger partial charge < -0.3 is 5.32 Å². The lowest BCUT2D eigenvalue weighted by Crippen LogP contribution is -2.39. The molecular formula is C19H25N3O2S. The molecule has 0 saturated heterocycles. The molecule has 2 atom stereocenters. The van der Waals surface area contributed by atoms with Crippen LogP contribution in [0, 0.1) is 5.92 Å². The molecule has 134 valence electrons. The molecule has 1 saturated carbocycles. The number of hydrogen-bond donors (Lipinski definition) is 2. The molecule has 0 spiro atoms. The van der Waals surface area contributed by atoms with E-state index in [4.69, 9.17) is 4.99 Å². The summed E-state index contributed by atoms with van der Waals surface area (Å²) in [6.45, 7) is 7.19. The van der Waals surface area contributed by atoms with Gasteiger partial charge in [0.2, 0.25) is 0 Å². The van der Waals surface area contributed by atoms with E-state index in [2.05, 4.69) is 16.6 Å². The molecule has 0 radical (unpaired) electrons. The molecule has 2 unspecified atom stereocenters. The van der Waals surface area contributed by atoms with Crippen LogP contribution in [0.5, 0.6) is 0 Å². The first-order valence-electron chi connectivity index (χ1n) is 8.67. The van der Waals surface area contributed by atoms with Crippen molar-refractivity contribution >= 4 is 15.9 Å². The second-order valence-electron chi connectivity index (χ2n) is 6.67. The summed E-state index contributed by atoms with van der Waals surface area (Å²) in [6.07, 6.45) is 14.1. The van der Waals surface area contributed by atoms with Crippen molar-refractivity contribution in [2.45, 2.75) is 45.2 Å². The van der Waals surface area contributed by atoms with E-state index in [0.29, 0.717) is 11.6 Å². The summed E-state index contributed by atoms with van der Waals surface area (Å²) in [6, 6.07) is 0.0887. The van der Waals surface area contributed by atoms with Crippen molar-refractivity contribution in [3.63, 3.8) is 0 Å². The van der Waals surface area contributed by atoms with E-state index in [1.165, 1.54) is 19.3 Å². The first kappa shape index (κ1) is 17.7. The zero-order chi connectivity index (χ0) is 18.0. The molecule has 25 heavy (non-hydrogen) atoms. The lowest BCUT2D eigenvalue weighted by molar-refractivity contribution is 0.406. The number of allylic oxidation sites excluding steroid dienone is 5. The number of fused-ring (bicyclic) bond motifs is 1. The van der Waals surface area contributed by atoms with Crippen molar-refractivity contribution in [1.29, 1.82) is 0 Å². The SMILES string of the molecule is C=C/C(C)=C\C(=C/C)S(=O)(=O)NC1=CC2NC(C3CCC3)=NC2C=C1. The Morgan fingerprint density at radius 3 is 2.80 bits per heavy atom. The average molecular weight is 359 g/mol.